The van der Waals surface area contributed by atoms with Crippen molar-refractivity contribution in [2.24, 2.45) is 5.73 Å². The molecule has 94 valence electrons. The van der Waals surface area contributed by atoms with Gasteiger partial charge in [-0.3, -0.25) is 4.79 Å². The number of aryl methyl sites for hydroxylation is 2. The molecule has 17 heavy (non-hydrogen) atoms. The molecule has 3 heteroatoms. The monoisotopic (exact) mass is 234 g/mol. The van der Waals surface area contributed by atoms with Crippen LogP contribution in [-0.4, -0.2) is 30.9 Å². The smallest absolute Gasteiger partial charge is 0.222 e. The maximum absolute atomic E-state index is 11.8. The van der Waals surface area contributed by atoms with E-state index in [0.717, 1.165) is 19.4 Å². The summed E-state index contributed by atoms with van der Waals surface area (Å²) < 4.78 is 0. The SMILES string of the molecule is Cc1ccc(CCC(=O)N(C)CCCN)cc1. The normalized spacial score (nSPS) is 10.3. The lowest BCUT2D eigenvalue weighted by Crippen LogP contribution is -2.29. The second kappa shape index (κ2) is 7.07. The van der Waals surface area contributed by atoms with Crippen molar-refractivity contribution in [2.75, 3.05) is 20.1 Å². The third-order valence-electron chi connectivity index (χ3n) is 2.87. The molecule has 0 bridgehead atoms. The molecule has 0 aliphatic carbocycles. The Labute approximate surface area is 104 Å². The van der Waals surface area contributed by atoms with Crippen molar-refractivity contribution in [2.45, 2.75) is 26.2 Å². The lowest BCUT2D eigenvalue weighted by atomic mass is 10.1. The van der Waals surface area contributed by atoms with Crippen LogP contribution in [0.3, 0.4) is 0 Å². The summed E-state index contributed by atoms with van der Waals surface area (Å²) in [6.45, 7) is 3.45. The minimum Gasteiger partial charge on any atom is -0.346 e. The number of rotatable bonds is 6. The van der Waals surface area contributed by atoms with Crippen molar-refractivity contribution in [3.05, 3.63) is 35.4 Å². The molecule has 1 aromatic rings. The zero-order chi connectivity index (χ0) is 12.7. The van der Waals surface area contributed by atoms with E-state index in [-0.39, 0.29) is 5.91 Å². The van der Waals surface area contributed by atoms with E-state index >= 15 is 0 Å². The van der Waals surface area contributed by atoms with Crippen LogP contribution in [0.25, 0.3) is 0 Å². The van der Waals surface area contributed by atoms with Crippen molar-refractivity contribution in [1.82, 2.24) is 4.90 Å². The summed E-state index contributed by atoms with van der Waals surface area (Å²) >= 11 is 0. The molecular formula is C14H22N2O. The Hall–Kier alpha value is -1.35. The first-order chi connectivity index (χ1) is 8.13. The van der Waals surface area contributed by atoms with Gasteiger partial charge in [-0.1, -0.05) is 29.8 Å². The van der Waals surface area contributed by atoms with Crippen LogP contribution >= 0.6 is 0 Å². The highest BCUT2D eigenvalue weighted by Gasteiger charge is 2.07. The van der Waals surface area contributed by atoms with Crippen LogP contribution in [0.1, 0.15) is 24.0 Å². The number of nitrogens with zero attached hydrogens (tertiary/aromatic N) is 1. The van der Waals surface area contributed by atoms with Gasteiger partial charge in [0.1, 0.15) is 0 Å². The summed E-state index contributed by atoms with van der Waals surface area (Å²) in [6.07, 6.45) is 2.25. The van der Waals surface area contributed by atoms with Crippen molar-refractivity contribution < 1.29 is 4.79 Å². The highest BCUT2D eigenvalue weighted by atomic mass is 16.2. The van der Waals surface area contributed by atoms with Crippen LogP contribution in [0.15, 0.2) is 24.3 Å². The number of nitrogens with two attached hydrogens (primary N) is 1. The van der Waals surface area contributed by atoms with Gasteiger partial charge < -0.3 is 10.6 Å². The molecule has 2 N–H and O–H groups in total. The van der Waals surface area contributed by atoms with Gasteiger partial charge in [-0.2, -0.15) is 0 Å². The summed E-state index contributed by atoms with van der Waals surface area (Å²) in [5.74, 6) is 0.194. The molecule has 3 nitrogen and oxygen atoms in total. The van der Waals surface area contributed by atoms with Gasteiger partial charge in [0.25, 0.3) is 0 Å². The van der Waals surface area contributed by atoms with E-state index in [1.807, 2.05) is 7.05 Å². The van der Waals surface area contributed by atoms with E-state index in [9.17, 15) is 4.79 Å². The van der Waals surface area contributed by atoms with Gasteiger partial charge in [-0.05, 0) is 31.9 Å². The fourth-order valence-electron chi connectivity index (χ4n) is 1.65. The van der Waals surface area contributed by atoms with E-state index in [1.54, 1.807) is 4.90 Å². The molecule has 1 rings (SSSR count). The highest BCUT2D eigenvalue weighted by Crippen LogP contribution is 2.06. The zero-order valence-corrected chi connectivity index (χ0v) is 10.8. The average Bonchev–Trinajstić information content (AvgIpc) is 2.34. The second-order valence-corrected chi connectivity index (χ2v) is 4.44. The van der Waals surface area contributed by atoms with E-state index in [4.69, 9.17) is 5.73 Å². The summed E-state index contributed by atoms with van der Waals surface area (Å²) in [7, 11) is 1.84. The summed E-state index contributed by atoms with van der Waals surface area (Å²) in [6, 6.07) is 8.33. The van der Waals surface area contributed by atoms with Crippen molar-refractivity contribution in [3.63, 3.8) is 0 Å². The van der Waals surface area contributed by atoms with Crippen LogP contribution in [0.2, 0.25) is 0 Å². The summed E-state index contributed by atoms with van der Waals surface area (Å²) in [5, 5.41) is 0. The molecule has 1 aromatic carbocycles. The number of hydrogen-bond donors (Lipinski definition) is 1. The standard InChI is InChI=1S/C14H22N2O/c1-12-4-6-13(7-5-12)8-9-14(17)16(2)11-3-10-15/h4-7H,3,8-11,15H2,1-2H3. The molecule has 0 unspecified atom stereocenters. The molecule has 0 heterocycles. The van der Waals surface area contributed by atoms with Gasteiger partial charge >= 0.3 is 0 Å². The second-order valence-electron chi connectivity index (χ2n) is 4.44. The van der Waals surface area contributed by atoms with Gasteiger partial charge in [0.2, 0.25) is 5.91 Å². The molecule has 1 amide bonds. The van der Waals surface area contributed by atoms with Crippen LogP contribution in [0.5, 0.6) is 0 Å². The third-order valence-corrected chi connectivity index (χ3v) is 2.87. The lowest BCUT2D eigenvalue weighted by Gasteiger charge is -2.16. The van der Waals surface area contributed by atoms with E-state index in [2.05, 4.69) is 31.2 Å². The Morgan fingerprint density at radius 3 is 2.53 bits per heavy atom. The Bertz CT molecular complexity index is 346. The highest BCUT2D eigenvalue weighted by molar-refractivity contribution is 5.76. The number of carbonyl (C=O) groups excluding carboxylic acids is 1. The minimum absolute atomic E-state index is 0.194. The zero-order valence-electron chi connectivity index (χ0n) is 10.8. The van der Waals surface area contributed by atoms with Crippen LogP contribution in [-0.2, 0) is 11.2 Å². The van der Waals surface area contributed by atoms with Crippen LogP contribution in [0, 0.1) is 6.92 Å². The molecule has 0 fully saturated rings. The Kier molecular flexibility index (Phi) is 5.70. The Morgan fingerprint density at radius 2 is 1.94 bits per heavy atom. The first-order valence-electron chi connectivity index (χ1n) is 6.13. The molecule has 0 saturated carbocycles. The maximum atomic E-state index is 11.8. The molecule has 0 aliphatic heterocycles. The molecule has 0 spiro atoms. The van der Waals surface area contributed by atoms with Gasteiger partial charge in [0, 0.05) is 20.0 Å². The summed E-state index contributed by atoms with van der Waals surface area (Å²) in [4.78, 5) is 13.5. The molecular weight excluding hydrogens is 212 g/mol. The molecule has 0 aromatic heterocycles. The van der Waals surface area contributed by atoms with Crippen LogP contribution in [0.4, 0.5) is 0 Å². The minimum atomic E-state index is 0.194. The van der Waals surface area contributed by atoms with Gasteiger partial charge in [0.15, 0.2) is 0 Å². The topological polar surface area (TPSA) is 46.3 Å². The Morgan fingerprint density at radius 1 is 1.29 bits per heavy atom. The third kappa shape index (κ3) is 5.00. The lowest BCUT2D eigenvalue weighted by molar-refractivity contribution is -0.129. The van der Waals surface area contributed by atoms with E-state index in [0.29, 0.717) is 13.0 Å². The van der Waals surface area contributed by atoms with Gasteiger partial charge in [-0.15, -0.1) is 0 Å². The quantitative estimate of drug-likeness (QED) is 0.815. The number of benzene rings is 1. The first kappa shape index (κ1) is 13.7. The number of hydrogen-bond acceptors (Lipinski definition) is 2. The first-order valence-corrected chi connectivity index (χ1v) is 6.13. The predicted molar refractivity (Wildman–Crippen MR) is 70.8 cm³/mol. The molecule has 0 saturated heterocycles. The number of carbonyl (C=O) groups is 1. The summed E-state index contributed by atoms with van der Waals surface area (Å²) in [5.41, 5.74) is 7.89. The molecule has 0 atom stereocenters. The van der Waals surface area contributed by atoms with Crippen LogP contribution < -0.4 is 5.73 Å². The molecule has 0 aliphatic rings. The molecule has 0 radical (unpaired) electrons. The fourth-order valence-corrected chi connectivity index (χ4v) is 1.65. The van der Waals surface area contributed by atoms with Gasteiger partial charge in [0.05, 0.1) is 0 Å². The Balaban J connectivity index is 2.34. The van der Waals surface area contributed by atoms with Crippen molar-refractivity contribution in [1.29, 1.82) is 0 Å². The van der Waals surface area contributed by atoms with Gasteiger partial charge in [-0.25, -0.2) is 0 Å². The van der Waals surface area contributed by atoms with Crippen molar-refractivity contribution >= 4 is 5.91 Å². The number of amides is 1. The fraction of sp³-hybridized carbons (Fsp3) is 0.500. The maximum Gasteiger partial charge on any atom is 0.222 e. The van der Waals surface area contributed by atoms with Crippen molar-refractivity contribution in [3.8, 4) is 0 Å². The predicted octanol–water partition coefficient (Wildman–Crippen LogP) is 1.73. The van der Waals surface area contributed by atoms with E-state index < -0.39 is 0 Å². The van der Waals surface area contributed by atoms with E-state index in [1.165, 1.54) is 11.1 Å². The average molecular weight is 234 g/mol. The largest absolute Gasteiger partial charge is 0.346 e.